The van der Waals surface area contributed by atoms with Crippen molar-refractivity contribution in [1.82, 2.24) is 14.5 Å². The summed E-state index contributed by atoms with van der Waals surface area (Å²) in [5, 5.41) is 10.5. The summed E-state index contributed by atoms with van der Waals surface area (Å²) in [5.41, 5.74) is 0.0599. The molecule has 0 spiro atoms. The normalized spacial score (nSPS) is 15.1. The van der Waals surface area contributed by atoms with Crippen LogP contribution in [0.25, 0.3) is 10.9 Å². The second kappa shape index (κ2) is 9.30. The van der Waals surface area contributed by atoms with E-state index < -0.39 is 27.8 Å². The van der Waals surface area contributed by atoms with E-state index >= 15 is 0 Å². The van der Waals surface area contributed by atoms with Gasteiger partial charge in [0.15, 0.2) is 15.5 Å². The maximum absolute atomic E-state index is 13.4. The van der Waals surface area contributed by atoms with E-state index in [1.165, 1.54) is 19.4 Å². The van der Waals surface area contributed by atoms with Gasteiger partial charge < -0.3 is 14.6 Å². The fourth-order valence-electron chi connectivity index (χ4n) is 3.65. The van der Waals surface area contributed by atoms with Crippen LogP contribution in [-0.2, 0) is 29.1 Å². The van der Waals surface area contributed by atoms with Crippen LogP contribution in [0.1, 0.15) is 50.2 Å². The van der Waals surface area contributed by atoms with Crippen LogP contribution in [0.3, 0.4) is 0 Å². The van der Waals surface area contributed by atoms with E-state index in [0.717, 1.165) is 29.0 Å². The van der Waals surface area contributed by atoms with E-state index in [1.54, 1.807) is 17.0 Å². The second-order valence-electron chi connectivity index (χ2n) is 8.06. The maximum Gasteiger partial charge on any atom is 0.433 e. The number of rotatable bonds is 3. The molecule has 0 bridgehead atoms. The van der Waals surface area contributed by atoms with Crippen LogP contribution in [0.5, 0.6) is 0 Å². The molecule has 1 aliphatic heterocycles. The monoisotopic (exact) mass is 484 g/mol. The van der Waals surface area contributed by atoms with Gasteiger partial charge in [0, 0.05) is 47.7 Å². The number of fused-ring (bicyclic) bond motifs is 3. The number of halogens is 3. The molecule has 0 radical (unpaired) electrons. The van der Waals surface area contributed by atoms with Crippen LogP contribution < -0.4 is 4.90 Å². The highest BCUT2D eigenvalue weighted by Gasteiger charge is 2.38. The average Bonchev–Trinajstić information content (AvgIpc) is 3.09. The number of aromatic nitrogens is 3. The number of alkyl halides is 3. The molecule has 1 atom stereocenters. The standard InChI is InChI=1S/C19H19F3N4O3S.C3H8/c1-11(27)15-9-23-18(24-17(15)19(20,21)22)25-5-6-26-13(10-25)7-12-3-4-14(8-16(12)26)30(2,28)29;1-3-2/h3-4,7-9,11,27H,5-6,10H2,1-2H3;3H2,1-2H3. The molecule has 4 rings (SSSR count). The maximum atomic E-state index is 13.4. The van der Waals surface area contributed by atoms with Crippen molar-refractivity contribution in [3.8, 4) is 0 Å². The summed E-state index contributed by atoms with van der Waals surface area (Å²) in [6.07, 6.45) is -2.65. The molecule has 0 aliphatic carbocycles. The highest BCUT2D eigenvalue weighted by Crippen LogP contribution is 2.34. The Morgan fingerprint density at radius 2 is 1.85 bits per heavy atom. The summed E-state index contributed by atoms with van der Waals surface area (Å²) in [5.74, 6) is -0.0694. The number of hydrogen-bond acceptors (Lipinski definition) is 6. The molecule has 1 unspecified atom stereocenters. The Hall–Kier alpha value is -2.66. The van der Waals surface area contributed by atoms with Crippen molar-refractivity contribution in [2.24, 2.45) is 0 Å². The van der Waals surface area contributed by atoms with Gasteiger partial charge >= 0.3 is 6.18 Å². The second-order valence-corrected chi connectivity index (χ2v) is 10.1. The molecule has 0 fully saturated rings. The molecule has 0 saturated heterocycles. The van der Waals surface area contributed by atoms with Crippen molar-refractivity contribution in [3.05, 3.63) is 47.4 Å². The quantitative estimate of drug-likeness (QED) is 0.595. The smallest absolute Gasteiger partial charge is 0.389 e. The zero-order valence-electron chi connectivity index (χ0n) is 18.9. The zero-order chi connectivity index (χ0) is 24.6. The predicted octanol–water partition coefficient (Wildman–Crippen LogP) is 4.34. The third-order valence-corrected chi connectivity index (χ3v) is 6.25. The van der Waals surface area contributed by atoms with Crippen LogP contribution in [0, 0.1) is 0 Å². The van der Waals surface area contributed by atoms with Crippen molar-refractivity contribution in [2.45, 2.75) is 57.5 Å². The number of anilines is 1. The van der Waals surface area contributed by atoms with Crippen LogP contribution in [-0.4, -0.2) is 40.9 Å². The van der Waals surface area contributed by atoms with E-state index in [2.05, 4.69) is 23.8 Å². The molecule has 1 N–H and O–H groups in total. The van der Waals surface area contributed by atoms with Crippen LogP contribution in [0.4, 0.5) is 19.1 Å². The van der Waals surface area contributed by atoms with Crippen molar-refractivity contribution in [3.63, 3.8) is 0 Å². The largest absolute Gasteiger partial charge is 0.433 e. The Bertz CT molecular complexity index is 1250. The van der Waals surface area contributed by atoms with Gasteiger partial charge in [-0.25, -0.2) is 18.4 Å². The third-order valence-electron chi connectivity index (χ3n) is 5.14. The van der Waals surface area contributed by atoms with Crippen molar-refractivity contribution < 1.29 is 26.7 Å². The summed E-state index contributed by atoms with van der Waals surface area (Å²) in [7, 11) is -3.35. The highest BCUT2D eigenvalue weighted by atomic mass is 32.2. The molecule has 1 aromatic carbocycles. The average molecular weight is 485 g/mol. The molecule has 2 aromatic heterocycles. The minimum atomic E-state index is -4.71. The highest BCUT2D eigenvalue weighted by molar-refractivity contribution is 7.90. The van der Waals surface area contributed by atoms with Gasteiger partial charge in [-0.3, -0.25) is 0 Å². The Labute approximate surface area is 190 Å². The molecule has 180 valence electrons. The molecule has 0 saturated carbocycles. The molecular formula is C22H27F3N4O3S. The van der Waals surface area contributed by atoms with Crippen LogP contribution >= 0.6 is 0 Å². The molecule has 0 amide bonds. The molecule has 3 heterocycles. The number of hydrogen-bond donors (Lipinski definition) is 1. The fourth-order valence-corrected chi connectivity index (χ4v) is 4.29. The molecule has 3 aromatic rings. The van der Waals surface area contributed by atoms with Gasteiger partial charge in [-0.2, -0.15) is 13.2 Å². The van der Waals surface area contributed by atoms with Gasteiger partial charge in [0.1, 0.15) is 0 Å². The van der Waals surface area contributed by atoms with Gasteiger partial charge in [0.25, 0.3) is 0 Å². The number of aliphatic hydroxyl groups excluding tert-OH is 1. The van der Waals surface area contributed by atoms with Gasteiger partial charge in [0.05, 0.1) is 17.5 Å². The number of aliphatic hydroxyl groups is 1. The molecule has 7 nitrogen and oxygen atoms in total. The lowest BCUT2D eigenvalue weighted by Crippen LogP contribution is -2.35. The number of benzene rings is 1. The molecule has 11 heteroatoms. The number of sulfone groups is 1. The topological polar surface area (TPSA) is 88.3 Å². The Kier molecular flexibility index (Phi) is 7.04. The minimum Gasteiger partial charge on any atom is -0.389 e. The molecule has 33 heavy (non-hydrogen) atoms. The van der Waals surface area contributed by atoms with Crippen molar-refractivity contribution in [1.29, 1.82) is 0 Å². The number of nitrogens with zero attached hydrogens (tertiary/aromatic N) is 4. The van der Waals surface area contributed by atoms with E-state index in [1.807, 2.05) is 10.6 Å². The first kappa shape index (κ1) is 25.0. The van der Waals surface area contributed by atoms with E-state index in [-0.39, 0.29) is 23.0 Å². The lowest BCUT2D eigenvalue weighted by atomic mass is 10.1. The molecule has 1 aliphatic rings. The third kappa shape index (κ3) is 5.30. The summed E-state index contributed by atoms with van der Waals surface area (Å²) in [6, 6.07) is 6.74. The summed E-state index contributed by atoms with van der Waals surface area (Å²) in [4.78, 5) is 9.59. The van der Waals surface area contributed by atoms with Crippen LogP contribution in [0.2, 0.25) is 0 Å². The van der Waals surface area contributed by atoms with Gasteiger partial charge in [0.2, 0.25) is 5.95 Å². The SMILES string of the molecule is CC(O)c1cnc(N2CCn3c(cc4ccc(S(C)(=O)=O)cc43)C2)nc1C(F)(F)F.CCC. The fraction of sp³-hybridized carbons (Fsp3) is 0.455. The van der Waals surface area contributed by atoms with Gasteiger partial charge in [-0.15, -0.1) is 0 Å². The summed E-state index contributed by atoms with van der Waals surface area (Å²) >= 11 is 0. The summed E-state index contributed by atoms with van der Waals surface area (Å²) in [6.45, 7) is 6.55. The zero-order valence-corrected chi connectivity index (χ0v) is 19.7. The first-order chi connectivity index (χ1) is 15.4. The first-order valence-corrected chi connectivity index (χ1v) is 12.4. The Balaban J connectivity index is 0.000000968. The van der Waals surface area contributed by atoms with Crippen LogP contribution in [0.15, 0.2) is 35.4 Å². The Morgan fingerprint density at radius 1 is 1.18 bits per heavy atom. The van der Waals surface area contributed by atoms with E-state index in [4.69, 9.17) is 0 Å². The summed E-state index contributed by atoms with van der Waals surface area (Å²) < 4.78 is 65.8. The van der Waals surface area contributed by atoms with Gasteiger partial charge in [-0.05, 0) is 25.1 Å². The molecular weight excluding hydrogens is 457 g/mol. The Morgan fingerprint density at radius 3 is 2.42 bits per heavy atom. The van der Waals surface area contributed by atoms with Crippen molar-refractivity contribution >= 4 is 26.7 Å². The van der Waals surface area contributed by atoms with E-state index in [9.17, 15) is 26.7 Å². The first-order valence-electron chi connectivity index (χ1n) is 10.6. The minimum absolute atomic E-state index is 0.0694. The van der Waals surface area contributed by atoms with Crippen molar-refractivity contribution in [2.75, 3.05) is 17.7 Å². The lowest BCUT2D eigenvalue weighted by Gasteiger charge is -2.29. The van der Waals surface area contributed by atoms with E-state index in [0.29, 0.717) is 13.1 Å². The van der Waals surface area contributed by atoms with Gasteiger partial charge in [-0.1, -0.05) is 26.3 Å². The predicted molar refractivity (Wildman–Crippen MR) is 120 cm³/mol. The lowest BCUT2D eigenvalue weighted by molar-refractivity contribution is -0.142.